The van der Waals surface area contributed by atoms with Crippen molar-refractivity contribution in [3.63, 3.8) is 0 Å². The maximum absolute atomic E-state index is 15.4. The van der Waals surface area contributed by atoms with Crippen LogP contribution >= 0.6 is 16.1 Å². The average Bonchev–Trinajstić information content (AvgIpc) is 4.17. The Morgan fingerprint density at radius 3 is 2.19 bits per heavy atom. The number of nitrogens with zero attached hydrogens (tertiary/aromatic N) is 9. The lowest BCUT2D eigenvalue weighted by Gasteiger charge is -2.41. The van der Waals surface area contributed by atoms with Crippen molar-refractivity contribution in [1.82, 2.24) is 43.4 Å². The number of nitriles is 1. The molecule has 392 valence electrons. The van der Waals surface area contributed by atoms with Crippen LogP contribution in [0.3, 0.4) is 0 Å². The van der Waals surface area contributed by atoms with Gasteiger partial charge in [-0.25, -0.2) is 33.9 Å². The van der Waals surface area contributed by atoms with Crippen LogP contribution in [0.15, 0.2) is 66.5 Å². The number of rotatable bonds is 19. The van der Waals surface area contributed by atoms with Crippen LogP contribution in [-0.4, -0.2) is 132 Å². The van der Waals surface area contributed by atoms with Gasteiger partial charge in [-0.1, -0.05) is 59.7 Å². The molecule has 29 heteroatoms. The average molecular weight is 1090 g/mol. The lowest BCUT2D eigenvalue weighted by Crippen LogP contribution is -2.50. The van der Waals surface area contributed by atoms with E-state index in [-0.39, 0.29) is 40.3 Å². The van der Waals surface area contributed by atoms with Crippen LogP contribution in [0.5, 0.6) is 0 Å². The van der Waals surface area contributed by atoms with Gasteiger partial charge in [0.2, 0.25) is 5.78 Å². The first-order chi connectivity index (χ1) is 34.4. The van der Waals surface area contributed by atoms with E-state index in [9.17, 15) is 29.4 Å². The number of amides is 1. The van der Waals surface area contributed by atoms with Gasteiger partial charge < -0.3 is 33.7 Å². The number of aromatic nitrogens is 9. The number of aliphatic hydroxyl groups is 1. The second-order valence-electron chi connectivity index (χ2n) is 20.6. The summed E-state index contributed by atoms with van der Waals surface area (Å²) in [5.74, 6) is -0.132. The van der Waals surface area contributed by atoms with E-state index in [1.54, 1.807) is 34.9 Å². The number of hydrogen-bond donors (Lipinski definition) is 4. The Kier molecular flexibility index (Phi) is 15.6. The Hall–Kier alpha value is -5.02. The van der Waals surface area contributed by atoms with Crippen molar-refractivity contribution in [3.8, 4) is 6.07 Å². The van der Waals surface area contributed by atoms with Gasteiger partial charge in [0.25, 0.3) is 11.5 Å². The van der Waals surface area contributed by atoms with E-state index in [1.807, 2.05) is 73.8 Å². The Morgan fingerprint density at radius 1 is 0.890 bits per heavy atom. The number of nitrogens with one attached hydrogen (secondary N) is 2. The number of hydrogen-bond acceptors (Lipinski definition) is 19. The van der Waals surface area contributed by atoms with E-state index >= 15 is 4.57 Å². The molecule has 0 radical (unpaired) electrons. The van der Waals surface area contributed by atoms with Gasteiger partial charge in [0, 0.05) is 22.5 Å². The molecular formula is C44H60N11O14P2Si2+. The van der Waals surface area contributed by atoms with Crippen LogP contribution in [0.25, 0.3) is 28.1 Å². The number of phosphoric acid groups is 1. The molecule has 6 aromatic rings. The molecule has 5 aromatic heterocycles. The molecule has 2 aliphatic rings. The highest BCUT2D eigenvalue weighted by Crippen LogP contribution is 2.56. The number of anilines is 1. The molecule has 4 N–H and O–H groups in total. The van der Waals surface area contributed by atoms with Crippen molar-refractivity contribution in [2.45, 2.75) is 133 Å². The fraction of sp³-hybridized carbons (Fsp3) is 0.545. The fourth-order valence-electron chi connectivity index (χ4n) is 7.92. The van der Waals surface area contributed by atoms with E-state index in [4.69, 9.17) is 36.4 Å². The van der Waals surface area contributed by atoms with Crippen molar-refractivity contribution in [2.24, 2.45) is 0 Å². The summed E-state index contributed by atoms with van der Waals surface area (Å²) in [6, 6.07) is 10.5. The minimum absolute atomic E-state index is 0.00277. The Bertz CT molecular complexity index is 3130. The zero-order valence-corrected chi connectivity index (χ0v) is 45.7. The zero-order valence-electron chi connectivity index (χ0n) is 41.9. The minimum Gasteiger partial charge on any atom is -0.408 e. The fourth-order valence-corrected chi connectivity index (χ4v) is 12.3. The predicted octanol–water partition coefficient (Wildman–Crippen LogP) is 6.51. The molecule has 25 nitrogen and oxygen atoms in total. The second kappa shape index (κ2) is 21.0. The molecule has 0 bridgehead atoms. The van der Waals surface area contributed by atoms with Crippen molar-refractivity contribution in [1.29, 1.82) is 5.26 Å². The van der Waals surface area contributed by atoms with E-state index in [2.05, 4.69) is 35.2 Å². The highest BCUT2D eigenvalue weighted by atomic mass is 31.2. The zero-order chi connectivity index (χ0) is 52.8. The predicted molar refractivity (Wildman–Crippen MR) is 267 cm³/mol. The summed E-state index contributed by atoms with van der Waals surface area (Å²) >= 11 is 0. The van der Waals surface area contributed by atoms with E-state index in [0.29, 0.717) is 5.56 Å². The van der Waals surface area contributed by atoms with E-state index < -0.39 is 123 Å². The van der Waals surface area contributed by atoms with Crippen LogP contribution in [0.2, 0.25) is 36.3 Å². The maximum atomic E-state index is 15.4. The van der Waals surface area contributed by atoms with Gasteiger partial charge in [-0.3, -0.25) is 32.3 Å². The van der Waals surface area contributed by atoms with Crippen LogP contribution in [0.4, 0.5) is 5.82 Å². The number of aromatic amines is 1. The van der Waals surface area contributed by atoms with Crippen molar-refractivity contribution >= 4 is 72.5 Å². The molecule has 1 aromatic carbocycles. The molecular weight excluding hydrogens is 1020 g/mol. The molecule has 0 saturated carbocycles. The number of H-pyrrole nitrogens is 1. The maximum Gasteiger partial charge on any atom is 0.695 e. The Morgan fingerprint density at radius 2 is 1.53 bits per heavy atom. The standard InChI is InChI=1S/C44H59N11O14P2Si2/c1-43(2,3)72(7,8)68-32-28(65-40(33(32)66-70(59)60)55-25-50-30-37(55)52-42-46-18-19-53(42)39(30)58)22-63-71(61,62-20-14-17-45)67-31-27(21-56)64-41(34(31)69-73(9,10)44(4,5)6)54-24-49-29-35(47-23-48-36(29)54)51-38(57)26-15-12-11-13-16-26/h11-13,15-16,18-19,23-25,27-28,31-34,40-41,56H,14,20-22H2,1-10H3,(H2-,46,47,48,51,52,57,58,59,60)/p+1/t27-,28-,31-,32-,33-,34-,40-,41-,71?/m1/s1. The summed E-state index contributed by atoms with van der Waals surface area (Å²) in [4.78, 5) is 62.0. The van der Waals surface area contributed by atoms with Gasteiger partial charge >= 0.3 is 16.1 Å². The molecule has 2 saturated heterocycles. The van der Waals surface area contributed by atoms with Gasteiger partial charge in [-0.2, -0.15) is 5.26 Å². The molecule has 1 amide bonds. The van der Waals surface area contributed by atoms with Crippen LogP contribution < -0.4 is 10.9 Å². The van der Waals surface area contributed by atoms with Gasteiger partial charge in [-0.05, 0) is 48.4 Å². The van der Waals surface area contributed by atoms with Crippen LogP contribution in [-0.2, 0) is 45.6 Å². The quantitative estimate of drug-likeness (QED) is 0.0382. The van der Waals surface area contributed by atoms with Gasteiger partial charge in [-0.15, -0.1) is 9.42 Å². The first-order valence-corrected chi connectivity index (χ1v) is 31.8. The first kappa shape index (κ1) is 54.3. The molecule has 0 spiro atoms. The summed E-state index contributed by atoms with van der Waals surface area (Å²) in [6.45, 7) is 18.2. The molecule has 0 aliphatic carbocycles. The monoisotopic (exact) mass is 1080 g/mol. The van der Waals surface area contributed by atoms with Gasteiger partial charge in [0.1, 0.15) is 42.5 Å². The molecule has 7 heterocycles. The number of ether oxygens (including phenoxy) is 2. The third kappa shape index (κ3) is 11.1. The van der Waals surface area contributed by atoms with Crippen molar-refractivity contribution in [2.75, 3.05) is 25.1 Å². The number of carbonyl (C=O) groups excluding carboxylic acids is 1. The largest absolute Gasteiger partial charge is 0.695 e. The van der Waals surface area contributed by atoms with E-state index in [1.165, 1.54) is 40.3 Å². The lowest BCUT2D eigenvalue weighted by atomic mass is 10.1. The number of fused-ring (bicyclic) bond motifs is 3. The molecule has 2 fully saturated rings. The molecule has 8 rings (SSSR count). The number of phosphoric ester groups is 1. The second-order valence-corrected chi connectivity index (χ2v) is 32.4. The van der Waals surface area contributed by atoms with Crippen molar-refractivity contribution in [3.05, 3.63) is 77.6 Å². The summed E-state index contributed by atoms with van der Waals surface area (Å²) < 4.78 is 83.6. The summed E-state index contributed by atoms with van der Waals surface area (Å²) in [6.07, 6.45) is -3.40. The third-order valence-electron chi connectivity index (χ3n) is 13.8. The van der Waals surface area contributed by atoms with E-state index in [0.717, 1.165) is 0 Å². The highest BCUT2D eigenvalue weighted by molar-refractivity contribution is 7.48. The number of benzene rings is 1. The summed E-state index contributed by atoms with van der Waals surface area (Å²) in [5, 5.41) is 22.5. The first-order valence-electron chi connectivity index (χ1n) is 23.4. The molecule has 10 atom stereocenters. The number of carbonyl (C=O) groups is 1. The van der Waals surface area contributed by atoms with Crippen LogP contribution in [0.1, 0.15) is 70.8 Å². The number of aliphatic hydroxyl groups excluding tert-OH is 1. The molecule has 2 aliphatic heterocycles. The van der Waals surface area contributed by atoms with Crippen LogP contribution in [0, 0.1) is 11.3 Å². The summed E-state index contributed by atoms with van der Waals surface area (Å²) in [7, 11) is -13.9. The molecule has 73 heavy (non-hydrogen) atoms. The topological polar surface area (TPSA) is 313 Å². The SMILES string of the molecule is CC(C)(C)[Si](C)(C)O[C@@H]1[C@H](OP(=O)(OCCC#N)OC[C@H]2O[C@@H](n3cnc4c(=O)n5ccnc5[nH]c43)[C@H](O[P+](=O)O)[C@@H]2O[Si](C)(C)C(C)(C)C)[C@@H](CO)O[C@H]1n1cnc2c(NC(=O)c3ccccc3)ncnc21. The van der Waals surface area contributed by atoms with Gasteiger partial charge in [0.05, 0.1) is 45.0 Å². The Balaban J connectivity index is 1.16. The minimum atomic E-state index is -4.91. The Labute approximate surface area is 422 Å². The normalized spacial score (nSPS) is 24.1. The molecule has 2 unspecified atom stereocenters. The number of imidazole rings is 3. The van der Waals surface area contributed by atoms with Crippen molar-refractivity contribution < 1.29 is 60.3 Å². The third-order valence-corrected chi connectivity index (χ3v) is 24.6. The summed E-state index contributed by atoms with van der Waals surface area (Å²) in [5.41, 5.74) is 0.484. The van der Waals surface area contributed by atoms with Gasteiger partial charge in [0.15, 0.2) is 57.7 Å². The highest BCUT2D eigenvalue weighted by Gasteiger charge is 2.58. The lowest BCUT2D eigenvalue weighted by molar-refractivity contribution is -0.0592. The smallest absolute Gasteiger partial charge is 0.408 e.